The smallest absolute Gasteiger partial charge is 0.127 e. The Labute approximate surface area is 104 Å². The number of hydrogen-bond acceptors (Lipinski definition) is 3. The summed E-state index contributed by atoms with van der Waals surface area (Å²) in [5.41, 5.74) is 1.34. The number of hydrogen-bond donors (Lipinski definition) is 1. The molecule has 0 aliphatic heterocycles. The molecule has 0 aliphatic rings. The van der Waals surface area contributed by atoms with Gasteiger partial charge in [0.1, 0.15) is 11.5 Å². The third kappa shape index (κ3) is 5.20. The Morgan fingerprint density at radius 1 is 1.47 bits per heavy atom. The lowest BCUT2D eigenvalue weighted by Gasteiger charge is -2.12. The maximum absolute atomic E-state index is 5.56. The van der Waals surface area contributed by atoms with Crippen LogP contribution in [-0.4, -0.2) is 26.8 Å². The second-order valence-corrected chi connectivity index (χ2v) is 4.49. The highest BCUT2D eigenvalue weighted by Gasteiger charge is 2.04. The molecular weight excluding hydrogens is 214 g/mol. The monoisotopic (exact) mass is 237 g/mol. The molecule has 1 rings (SSSR count). The first kappa shape index (κ1) is 14.0. The lowest BCUT2D eigenvalue weighted by Crippen LogP contribution is -2.23. The maximum Gasteiger partial charge on any atom is 0.127 e. The van der Waals surface area contributed by atoms with Crippen molar-refractivity contribution in [1.29, 1.82) is 0 Å². The van der Waals surface area contributed by atoms with Crippen molar-refractivity contribution in [3.63, 3.8) is 0 Å². The summed E-state index contributed by atoms with van der Waals surface area (Å²) < 4.78 is 10.6. The molecule has 0 saturated heterocycles. The molecule has 1 N–H and O–H groups in total. The lowest BCUT2D eigenvalue weighted by molar-refractivity contribution is 0.200. The van der Waals surface area contributed by atoms with Gasteiger partial charge in [-0.3, -0.25) is 0 Å². The Hall–Kier alpha value is -1.06. The zero-order valence-corrected chi connectivity index (χ0v) is 11.2. The second-order valence-electron chi connectivity index (χ2n) is 4.49. The summed E-state index contributed by atoms with van der Waals surface area (Å²) in [6.07, 6.45) is 2.12. The summed E-state index contributed by atoms with van der Waals surface area (Å²) >= 11 is 0. The summed E-state index contributed by atoms with van der Waals surface area (Å²) in [4.78, 5) is 0. The minimum atomic E-state index is 0.510. The number of methoxy groups -OCH3 is 1. The number of ether oxygens (including phenoxy) is 1. The summed E-state index contributed by atoms with van der Waals surface area (Å²) in [5.74, 6) is 2.39. The van der Waals surface area contributed by atoms with Gasteiger partial charge < -0.3 is 14.5 Å². The summed E-state index contributed by atoms with van der Waals surface area (Å²) in [6, 6.07) is 4.00. The predicted octanol–water partition coefficient (Wildman–Crippen LogP) is 2.86. The molecule has 17 heavy (non-hydrogen) atoms. The van der Waals surface area contributed by atoms with Crippen LogP contribution in [0.4, 0.5) is 0 Å². The maximum atomic E-state index is 5.56. The normalized spacial score (nSPS) is 12.4. The van der Waals surface area contributed by atoms with Gasteiger partial charge in [0.2, 0.25) is 0 Å². The Balaban J connectivity index is 2.56. The Kier molecular flexibility index (Phi) is 6.01. The molecule has 0 atom stereocenters. The number of nitrogens with one attached hydrogen (secondary N) is 1. The van der Waals surface area contributed by atoms with E-state index >= 15 is 0 Å². The molecule has 3 heteroatoms. The number of aryl methyl sites for hydroxylation is 1. The van der Waals surface area contributed by atoms with Crippen LogP contribution in [0.25, 0.3) is 6.08 Å². The topological polar surface area (TPSA) is 34.4 Å². The molecule has 0 saturated carbocycles. The van der Waals surface area contributed by atoms with Gasteiger partial charge in [-0.25, -0.2) is 0 Å². The van der Waals surface area contributed by atoms with E-state index < -0.39 is 0 Å². The molecule has 1 heterocycles. The van der Waals surface area contributed by atoms with E-state index in [2.05, 4.69) is 25.2 Å². The van der Waals surface area contributed by atoms with Crippen molar-refractivity contribution >= 4 is 6.08 Å². The average molecular weight is 237 g/mol. The number of furan rings is 1. The van der Waals surface area contributed by atoms with Gasteiger partial charge in [0.25, 0.3) is 0 Å². The highest BCUT2D eigenvalue weighted by atomic mass is 16.5. The SMILES string of the molecule is COCCNCC(=Cc1ccc(C)o1)C(C)C. The molecule has 0 amide bonds. The zero-order valence-electron chi connectivity index (χ0n) is 11.2. The highest BCUT2D eigenvalue weighted by Crippen LogP contribution is 2.16. The highest BCUT2D eigenvalue weighted by molar-refractivity contribution is 5.48. The van der Waals surface area contributed by atoms with Gasteiger partial charge in [0.05, 0.1) is 6.61 Å². The van der Waals surface area contributed by atoms with Gasteiger partial charge in [0, 0.05) is 20.2 Å². The van der Waals surface area contributed by atoms with E-state index in [0.29, 0.717) is 5.92 Å². The predicted molar refractivity (Wildman–Crippen MR) is 71.0 cm³/mol. The fraction of sp³-hybridized carbons (Fsp3) is 0.571. The Morgan fingerprint density at radius 2 is 2.24 bits per heavy atom. The quantitative estimate of drug-likeness (QED) is 0.740. The fourth-order valence-electron chi connectivity index (χ4n) is 1.54. The van der Waals surface area contributed by atoms with Crippen LogP contribution in [0.15, 0.2) is 22.1 Å². The van der Waals surface area contributed by atoms with Gasteiger partial charge in [-0.2, -0.15) is 0 Å². The average Bonchev–Trinajstić information content (AvgIpc) is 2.68. The molecule has 0 fully saturated rings. The van der Waals surface area contributed by atoms with Crippen molar-refractivity contribution in [3.05, 3.63) is 29.2 Å². The third-order valence-electron chi connectivity index (χ3n) is 2.64. The molecule has 1 aromatic rings. The Morgan fingerprint density at radius 3 is 2.76 bits per heavy atom. The molecule has 1 aromatic heterocycles. The van der Waals surface area contributed by atoms with E-state index in [1.165, 1.54) is 5.57 Å². The molecule has 0 aromatic carbocycles. The van der Waals surface area contributed by atoms with Gasteiger partial charge >= 0.3 is 0 Å². The van der Waals surface area contributed by atoms with E-state index in [-0.39, 0.29) is 0 Å². The molecule has 3 nitrogen and oxygen atoms in total. The molecule has 0 aliphatic carbocycles. The van der Waals surface area contributed by atoms with Crippen LogP contribution in [0.5, 0.6) is 0 Å². The molecule has 0 radical (unpaired) electrons. The molecule has 0 unspecified atom stereocenters. The van der Waals surface area contributed by atoms with Crippen molar-refractivity contribution in [2.45, 2.75) is 20.8 Å². The van der Waals surface area contributed by atoms with Crippen molar-refractivity contribution in [2.75, 3.05) is 26.8 Å². The van der Waals surface area contributed by atoms with E-state index in [4.69, 9.17) is 9.15 Å². The van der Waals surface area contributed by atoms with Gasteiger partial charge in [-0.05, 0) is 31.1 Å². The molecular formula is C14H23NO2. The van der Waals surface area contributed by atoms with Gasteiger partial charge in [-0.15, -0.1) is 0 Å². The Bertz CT molecular complexity index is 353. The second kappa shape index (κ2) is 7.30. The van der Waals surface area contributed by atoms with Crippen molar-refractivity contribution < 1.29 is 9.15 Å². The summed E-state index contributed by atoms with van der Waals surface area (Å²) in [5, 5.41) is 3.36. The lowest BCUT2D eigenvalue weighted by atomic mass is 10.0. The first-order valence-electron chi connectivity index (χ1n) is 6.10. The largest absolute Gasteiger partial charge is 0.462 e. The van der Waals surface area contributed by atoms with Gasteiger partial charge in [0.15, 0.2) is 0 Å². The molecule has 0 spiro atoms. The van der Waals surface area contributed by atoms with E-state index in [1.807, 2.05) is 19.1 Å². The van der Waals surface area contributed by atoms with Crippen molar-refractivity contribution in [1.82, 2.24) is 5.32 Å². The fourth-order valence-corrected chi connectivity index (χ4v) is 1.54. The minimum Gasteiger partial charge on any atom is -0.462 e. The molecule has 96 valence electrons. The van der Waals surface area contributed by atoms with Crippen LogP contribution in [0.2, 0.25) is 0 Å². The third-order valence-corrected chi connectivity index (χ3v) is 2.64. The summed E-state index contributed by atoms with van der Waals surface area (Å²) in [6.45, 7) is 8.84. The first-order valence-corrected chi connectivity index (χ1v) is 6.10. The van der Waals surface area contributed by atoms with Crippen molar-refractivity contribution in [3.8, 4) is 0 Å². The van der Waals surface area contributed by atoms with Crippen LogP contribution >= 0.6 is 0 Å². The van der Waals surface area contributed by atoms with E-state index in [0.717, 1.165) is 31.2 Å². The first-order chi connectivity index (χ1) is 8.13. The van der Waals surface area contributed by atoms with Crippen molar-refractivity contribution in [2.24, 2.45) is 5.92 Å². The molecule has 0 bridgehead atoms. The van der Waals surface area contributed by atoms with E-state index in [1.54, 1.807) is 7.11 Å². The number of rotatable bonds is 7. The van der Waals surface area contributed by atoms with Gasteiger partial charge in [-0.1, -0.05) is 19.4 Å². The van der Waals surface area contributed by atoms with Crippen LogP contribution in [0.3, 0.4) is 0 Å². The van der Waals surface area contributed by atoms with Crippen LogP contribution in [0, 0.1) is 12.8 Å². The zero-order chi connectivity index (χ0) is 12.7. The van der Waals surface area contributed by atoms with Crippen LogP contribution < -0.4 is 5.32 Å². The van der Waals surface area contributed by atoms with E-state index in [9.17, 15) is 0 Å². The van der Waals surface area contributed by atoms with Crippen LogP contribution in [-0.2, 0) is 4.74 Å². The standard InChI is InChI=1S/C14H23NO2/c1-11(2)13(10-15-7-8-16-4)9-14-6-5-12(3)17-14/h5-6,9,11,15H,7-8,10H2,1-4H3. The van der Waals surface area contributed by atoms with Crippen LogP contribution in [0.1, 0.15) is 25.4 Å². The minimum absolute atomic E-state index is 0.510. The summed E-state index contributed by atoms with van der Waals surface area (Å²) in [7, 11) is 1.71.